The lowest BCUT2D eigenvalue weighted by Gasteiger charge is -2.08. The lowest BCUT2D eigenvalue weighted by atomic mass is 9.97. The van der Waals surface area contributed by atoms with Crippen LogP contribution in [0.25, 0.3) is 22.0 Å². The Morgan fingerprint density at radius 3 is 2.76 bits per heavy atom. The fraction of sp³-hybridized carbons (Fsp3) is 0.118. The molecule has 1 heterocycles. The number of carbonyl (C=O) groups excluding carboxylic acids is 1. The Morgan fingerprint density at radius 1 is 1.32 bits per heavy atom. The van der Waals surface area contributed by atoms with Crippen LogP contribution >= 0.6 is 11.8 Å². The van der Waals surface area contributed by atoms with Crippen LogP contribution < -0.4 is 11.3 Å². The number of fused-ring (bicyclic) bond motifs is 1. The number of carbonyl (C=O) groups is 1. The zero-order valence-corrected chi connectivity index (χ0v) is 14.2. The lowest BCUT2D eigenvalue weighted by molar-refractivity contribution is -0.456. The maximum atomic E-state index is 12.2. The van der Waals surface area contributed by atoms with Gasteiger partial charge in [0.2, 0.25) is 0 Å². The summed E-state index contributed by atoms with van der Waals surface area (Å²) in [6.45, 7) is 1.96. The second-order valence-corrected chi connectivity index (χ2v) is 6.50. The second-order valence-electron chi connectivity index (χ2n) is 5.48. The number of nitrogen functional groups attached to an aromatic ring is 1. The number of aromatic nitrogens is 1. The molecule has 0 aliphatic rings. The number of nitro groups is 1. The summed E-state index contributed by atoms with van der Waals surface area (Å²) in [5, 5.41) is 11.4. The Morgan fingerprint density at radius 2 is 2.08 bits per heavy atom. The summed E-state index contributed by atoms with van der Waals surface area (Å²) < 4.78 is 0. The summed E-state index contributed by atoms with van der Waals surface area (Å²) in [6, 6.07) is 13.2. The molecule has 3 aromatic rings. The van der Waals surface area contributed by atoms with Gasteiger partial charge in [-0.15, -0.1) is 0 Å². The van der Waals surface area contributed by atoms with Gasteiger partial charge >= 0.3 is 0 Å². The van der Waals surface area contributed by atoms with E-state index in [9.17, 15) is 14.9 Å². The Balaban J connectivity index is 2.22. The van der Waals surface area contributed by atoms with Crippen molar-refractivity contribution in [3.8, 4) is 11.1 Å². The number of rotatable bonds is 5. The molecule has 0 atom stereocenters. The highest BCUT2D eigenvalue weighted by atomic mass is 32.2. The molecule has 0 radical (unpaired) electrons. The number of benzene rings is 2. The predicted octanol–water partition coefficient (Wildman–Crippen LogP) is 3.07. The molecule has 4 N–H and O–H groups in total. The molecule has 8 heteroatoms. The highest BCUT2D eigenvalue weighted by Crippen LogP contribution is 2.36. The van der Waals surface area contributed by atoms with Gasteiger partial charge in [-0.25, -0.2) is 5.84 Å². The number of hydrazine groups is 1. The SMILES string of the molecule is Cc1ccccc1-c1c(C(=O)NN)[nH]c2ccc(SC[N+](=O)[O-])cc12. The van der Waals surface area contributed by atoms with Crippen LogP contribution in [0.3, 0.4) is 0 Å². The van der Waals surface area contributed by atoms with E-state index in [4.69, 9.17) is 5.84 Å². The lowest BCUT2D eigenvalue weighted by Crippen LogP contribution is -2.30. The number of amides is 1. The van der Waals surface area contributed by atoms with E-state index in [1.54, 1.807) is 6.07 Å². The van der Waals surface area contributed by atoms with Gasteiger partial charge in [0.15, 0.2) is 0 Å². The molecular weight excluding hydrogens is 340 g/mol. The van der Waals surface area contributed by atoms with Crippen LogP contribution in [0.1, 0.15) is 16.1 Å². The molecular formula is C17H16N4O3S. The van der Waals surface area contributed by atoms with Crippen molar-refractivity contribution < 1.29 is 9.72 Å². The number of H-pyrrole nitrogens is 1. The summed E-state index contributed by atoms with van der Waals surface area (Å²) in [4.78, 5) is 26.3. The van der Waals surface area contributed by atoms with Crippen molar-refractivity contribution in [3.63, 3.8) is 0 Å². The molecule has 25 heavy (non-hydrogen) atoms. The third-order valence-electron chi connectivity index (χ3n) is 3.88. The van der Waals surface area contributed by atoms with E-state index < -0.39 is 5.91 Å². The van der Waals surface area contributed by atoms with Crippen molar-refractivity contribution in [2.75, 3.05) is 5.88 Å². The third-order valence-corrected chi connectivity index (χ3v) is 4.81. The first kappa shape index (κ1) is 17.0. The van der Waals surface area contributed by atoms with Crippen LogP contribution in [0, 0.1) is 17.0 Å². The normalized spacial score (nSPS) is 10.8. The highest BCUT2D eigenvalue weighted by Gasteiger charge is 2.20. The van der Waals surface area contributed by atoms with Gasteiger partial charge in [0.05, 0.1) is 0 Å². The monoisotopic (exact) mass is 356 g/mol. The van der Waals surface area contributed by atoms with Crippen molar-refractivity contribution in [1.29, 1.82) is 0 Å². The highest BCUT2D eigenvalue weighted by molar-refractivity contribution is 7.99. The third kappa shape index (κ3) is 3.35. The Kier molecular flexibility index (Phi) is 4.73. The van der Waals surface area contributed by atoms with Crippen LogP contribution in [-0.2, 0) is 0 Å². The molecule has 0 aliphatic heterocycles. The summed E-state index contributed by atoms with van der Waals surface area (Å²) in [7, 11) is 0. The number of hydrogen-bond donors (Lipinski definition) is 3. The molecule has 2 aromatic carbocycles. The van der Waals surface area contributed by atoms with Crippen molar-refractivity contribution >= 4 is 28.6 Å². The van der Waals surface area contributed by atoms with Crippen molar-refractivity contribution in [3.05, 3.63) is 63.8 Å². The molecule has 3 rings (SSSR count). The zero-order valence-electron chi connectivity index (χ0n) is 13.4. The molecule has 0 aliphatic carbocycles. The van der Waals surface area contributed by atoms with Crippen LogP contribution in [0.15, 0.2) is 47.4 Å². The van der Waals surface area contributed by atoms with Gasteiger partial charge in [-0.3, -0.25) is 20.3 Å². The molecule has 0 saturated heterocycles. The molecule has 1 aromatic heterocycles. The summed E-state index contributed by atoms with van der Waals surface area (Å²) >= 11 is 1.14. The second kappa shape index (κ2) is 6.96. The van der Waals surface area contributed by atoms with E-state index in [1.807, 2.05) is 43.3 Å². The molecule has 0 saturated carbocycles. The van der Waals surface area contributed by atoms with Gasteiger partial charge in [0.25, 0.3) is 11.8 Å². The topological polar surface area (TPSA) is 114 Å². The Hall–Kier alpha value is -2.84. The minimum absolute atomic E-state index is 0.216. The first-order chi connectivity index (χ1) is 12.0. The number of thioether (sulfide) groups is 1. The van der Waals surface area contributed by atoms with Gasteiger partial charge < -0.3 is 4.98 Å². The van der Waals surface area contributed by atoms with Crippen LogP contribution in [0.4, 0.5) is 0 Å². The number of hydrogen-bond acceptors (Lipinski definition) is 5. The van der Waals surface area contributed by atoms with E-state index in [0.717, 1.165) is 44.3 Å². The molecule has 0 fully saturated rings. The summed E-state index contributed by atoms with van der Waals surface area (Å²) in [6.07, 6.45) is 0. The molecule has 0 unspecified atom stereocenters. The fourth-order valence-corrected chi connectivity index (χ4v) is 3.38. The van der Waals surface area contributed by atoms with Gasteiger partial charge in [-0.05, 0) is 48.0 Å². The molecule has 128 valence electrons. The molecule has 1 amide bonds. The molecule has 7 nitrogen and oxygen atoms in total. The van der Waals surface area contributed by atoms with E-state index in [1.165, 1.54) is 0 Å². The van der Waals surface area contributed by atoms with Crippen LogP contribution in [-0.4, -0.2) is 21.7 Å². The zero-order chi connectivity index (χ0) is 18.0. The van der Waals surface area contributed by atoms with Crippen molar-refractivity contribution in [1.82, 2.24) is 10.4 Å². The number of nitrogens with zero attached hydrogens (tertiary/aromatic N) is 1. The maximum absolute atomic E-state index is 12.2. The van der Waals surface area contributed by atoms with Gasteiger partial charge in [0, 0.05) is 26.3 Å². The number of nitrogens with one attached hydrogen (secondary N) is 2. The van der Waals surface area contributed by atoms with E-state index in [2.05, 4.69) is 10.4 Å². The van der Waals surface area contributed by atoms with Crippen molar-refractivity contribution in [2.45, 2.75) is 11.8 Å². The van der Waals surface area contributed by atoms with Gasteiger partial charge in [-0.2, -0.15) is 0 Å². The van der Waals surface area contributed by atoms with Crippen LogP contribution in [0.2, 0.25) is 0 Å². The Bertz CT molecular complexity index is 968. The van der Waals surface area contributed by atoms with Gasteiger partial charge in [-0.1, -0.05) is 24.3 Å². The number of aryl methyl sites for hydroxylation is 1. The Labute approximate surface area is 147 Å². The number of aromatic amines is 1. The number of nitrogens with two attached hydrogens (primary N) is 1. The molecule has 0 spiro atoms. The minimum atomic E-state index is -0.422. The van der Waals surface area contributed by atoms with E-state index in [0.29, 0.717) is 5.69 Å². The minimum Gasteiger partial charge on any atom is -0.350 e. The summed E-state index contributed by atoms with van der Waals surface area (Å²) in [5.41, 5.74) is 5.95. The smallest absolute Gasteiger partial charge is 0.282 e. The van der Waals surface area contributed by atoms with Crippen LogP contribution in [0.5, 0.6) is 0 Å². The first-order valence-electron chi connectivity index (χ1n) is 7.48. The fourth-order valence-electron chi connectivity index (χ4n) is 2.76. The largest absolute Gasteiger partial charge is 0.350 e. The van der Waals surface area contributed by atoms with Crippen molar-refractivity contribution in [2.24, 2.45) is 5.84 Å². The quantitative estimate of drug-likeness (QED) is 0.162. The first-order valence-corrected chi connectivity index (χ1v) is 8.47. The van der Waals surface area contributed by atoms with E-state index in [-0.39, 0.29) is 10.8 Å². The summed E-state index contributed by atoms with van der Waals surface area (Å²) in [5.74, 6) is 4.68. The predicted molar refractivity (Wildman–Crippen MR) is 97.8 cm³/mol. The average Bonchev–Trinajstić information content (AvgIpc) is 2.98. The van der Waals surface area contributed by atoms with Gasteiger partial charge in [0.1, 0.15) is 5.69 Å². The van der Waals surface area contributed by atoms with E-state index >= 15 is 0 Å². The maximum Gasteiger partial charge on any atom is 0.282 e. The average molecular weight is 356 g/mol. The standard InChI is InChI=1S/C17H16N4O3S/c1-10-4-2-3-5-12(10)15-13-8-11(25-9-21(23)24)6-7-14(13)19-16(15)17(22)20-18/h2-8,19H,9,18H2,1H3,(H,20,22). The molecule has 0 bridgehead atoms.